The van der Waals surface area contributed by atoms with E-state index in [2.05, 4.69) is 48.8 Å². The van der Waals surface area contributed by atoms with E-state index in [9.17, 15) is 19.2 Å². The van der Waals surface area contributed by atoms with Crippen molar-refractivity contribution in [1.82, 2.24) is 10.6 Å². The molecule has 0 bridgehead atoms. The lowest BCUT2D eigenvalue weighted by Gasteiger charge is -2.18. The van der Waals surface area contributed by atoms with Crippen LogP contribution in [0.4, 0.5) is 0 Å². The maximum Gasteiger partial charge on any atom is 0.328 e. The molecular formula is C49H90N2O7. The van der Waals surface area contributed by atoms with Gasteiger partial charge in [0.2, 0.25) is 11.8 Å². The average molecular weight is 819 g/mol. The van der Waals surface area contributed by atoms with Crippen LogP contribution in [0.1, 0.15) is 239 Å². The first-order valence-corrected chi connectivity index (χ1v) is 24.2. The van der Waals surface area contributed by atoms with Crippen LogP contribution in [0.25, 0.3) is 0 Å². The Bertz CT molecular complexity index is 1030. The Balaban J connectivity index is 4.35. The second-order valence-corrected chi connectivity index (χ2v) is 16.5. The first-order chi connectivity index (χ1) is 28.3. The molecule has 2 atom stereocenters. The lowest BCUT2D eigenvalue weighted by Crippen LogP contribution is -2.47. The third-order valence-corrected chi connectivity index (χ3v) is 10.9. The van der Waals surface area contributed by atoms with Gasteiger partial charge in [-0.25, -0.2) is 4.79 Å². The molecule has 0 aliphatic rings. The summed E-state index contributed by atoms with van der Waals surface area (Å²) in [6.07, 6.45) is 49.2. The van der Waals surface area contributed by atoms with Gasteiger partial charge in [-0.15, -0.1) is 0 Å². The summed E-state index contributed by atoms with van der Waals surface area (Å²) in [6, 6.07) is -1.38. The smallest absolute Gasteiger partial charge is 0.328 e. The molecule has 4 N–H and O–H groups in total. The van der Waals surface area contributed by atoms with Crippen LogP contribution in [0, 0.1) is 0 Å². The van der Waals surface area contributed by atoms with Crippen molar-refractivity contribution in [1.29, 1.82) is 0 Å². The standard InChI is InChI=1S/C49H90N2O7/c1-3-5-7-9-11-13-15-17-19-21-23-25-27-30-34-38-44(39-35-31-29-32-36-40-46(53)50-42-47(54)51-45(43-52)49(56)57)58-48(55)41-37-33-28-26-24-22-20-18-16-14-12-10-8-6-4-2/h18,20-21,23,44-45,52H,3-17,19,22,24-43H2,1-2H3,(H,50,53)(H,51,54)(H,56,57)/b20-18-,23-21-. The second kappa shape index (κ2) is 43.9. The predicted molar refractivity (Wildman–Crippen MR) is 241 cm³/mol. The quantitative estimate of drug-likeness (QED) is 0.0272. The molecule has 2 amide bonds. The molecule has 0 fully saturated rings. The van der Waals surface area contributed by atoms with Crippen molar-refractivity contribution in [2.45, 2.75) is 251 Å². The molecule has 0 saturated heterocycles. The number of nitrogens with one attached hydrogen (secondary N) is 2. The average Bonchev–Trinajstić information content (AvgIpc) is 3.21. The SMILES string of the molecule is CCCCCCCC/C=C\CCCCCCCC(=O)OC(CCCCC/C=C\CCCCCCCCCC)CCCCCCCC(=O)NCC(=O)NC(CO)C(=O)O. The number of carbonyl (C=O) groups excluding carboxylic acids is 3. The molecule has 0 aliphatic heterocycles. The molecule has 58 heavy (non-hydrogen) atoms. The molecule has 9 heteroatoms. The van der Waals surface area contributed by atoms with E-state index >= 15 is 0 Å². The van der Waals surface area contributed by atoms with Gasteiger partial charge in [-0.3, -0.25) is 14.4 Å². The molecule has 0 heterocycles. The molecule has 0 aromatic heterocycles. The fraction of sp³-hybridized carbons (Fsp3) is 0.837. The summed E-state index contributed by atoms with van der Waals surface area (Å²) < 4.78 is 6.04. The summed E-state index contributed by atoms with van der Waals surface area (Å²) in [7, 11) is 0. The van der Waals surface area contributed by atoms with Crippen LogP contribution in [0.2, 0.25) is 0 Å². The summed E-state index contributed by atoms with van der Waals surface area (Å²) in [4.78, 5) is 47.7. The van der Waals surface area contributed by atoms with Crippen molar-refractivity contribution in [3.05, 3.63) is 24.3 Å². The zero-order chi connectivity index (χ0) is 42.6. The number of aliphatic carboxylic acids is 1. The molecule has 9 nitrogen and oxygen atoms in total. The number of aliphatic hydroxyl groups is 1. The van der Waals surface area contributed by atoms with Gasteiger partial charge in [0.1, 0.15) is 12.1 Å². The number of carbonyl (C=O) groups is 4. The van der Waals surface area contributed by atoms with E-state index in [-0.39, 0.29) is 24.5 Å². The normalized spacial score (nSPS) is 12.6. The molecule has 2 unspecified atom stereocenters. The Morgan fingerprint density at radius 1 is 0.500 bits per heavy atom. The van der Waals surface area contributed by atoms with Crippen molar-refractivity contribution < 1.29 is 34.1 Å². The van der Waals surface area contributed by atoms with Gasteiger partial charge in [0, 0.05) is 12.8 Å². The van der Waals surface area contributed by atoms with Crippen LogP contribution in [0.15, 0.2) is 24.3 Å². The van der Waals surface area contributed by atoms with Crippen LogP contribution < -0.4 is 10.6 Å². The number of ether oxygens (including phenoxy) is 1. The highest BCUT2D eigenvalue weighted by molar-refractivity contribution is 5.87. The van der Waals surface area contributed by atoms with Crippen LogP contribution in [-0.2, 0) is 23.9 Å². The molecule has 338 valence electrons. The van der Waals surface area contributed by atoms with E-state index in [0.29, 0.717) is 19.3 Å². The van der Waals surface area contributed by atoms with Crippen molar-refractivity contribution >= 4 is 23.8 Å². The first kappa shape index (κ1) is 55.3. The van der Waals surface area contributed by atoms with Gasteiger partial charge in [-0.05, 0) is 89.9 Å². The highest BCUT2D eigenvalue weighted by Crippen LogP contribution is 2.19. The summed E-state index contributed by atoms with van der Waals surface area (Å²) in [5.74, 6) is -2.30. The number of hydrogen-bond acceptors (Lipinski definition) is 6. The third-order valence-electron chi connectivity index (χ3n) is 10.9. The molecule has 0 spiro atoms. The number of aliphatic hydroxyl groups excluding tert-OH is 1. The van der Waals surface area contributed by atoms with Gasteiger partial charge in [0.05, 0.1) is 13.2 Å². The van der Waals surface area contributed by atoms with Crippen LogP contribution in [-0.4, -0.2) is 59.3 Å². The number of unbranched alkanes of at least 4 members (excludes halogenated alkanes) is 26. The van der Waals surface area contributed by atoms with E-state index in [1.807, 2.05) is 0 Å². The number of esters is 1. The third kappa shape index (κ3) is 40.1. The number of carboxylic acid groups (broad SMARTS) is 1. The minimum Gasteiger partial charge on any atom is -0.480 e. The fourth-order valence-electron chi connectivity index (χ4n) is 7.18. The van der Waals surface area contributed by atoms with Gasteiger partial charge in [0.25, 0.3) is 0 Å². The van der Waals surface area contributed by atoms with E-state index in [4.69, 9.17) is 14.9 Å². The number of rotatable bonds is 44. The Morgan fingerprint density at radius 2 is 0.879 bits per heavy atom. The van der Waals surface area contributed by atoms with Gasteiger partial charge >= 0.3 is 11.9 Å². The number of hydrogen-bond donors (Lipinski definition) is 4. The van der Waals surface area contributed by atoms with Gasteiger partial charge in [-0.1, -0.05) is 160 Å². The molecule has 0 radical (unpaired) electrons. The lowest BCUT2D eigenvalue weighted by atomic mass is 10.0. The Kier molecular flexibility index (Phi) is 41.9. The van der Waals surface area contributed by atoms with Gasteiger partial charge in [-0.2, -0.15) is 0 Å². The minimum absolute atomic E-state index is 0.0309. The lowest BCUT2D eigenvalue weighted by molar-refractivity contribution is -0.150. The molecule has 0 rings (SSSR count). The number of carboxylic acids is 1. The summed E-state index contributed by atoms with van der Waals surface area (Å²) in [5.41, 5.74) is 0. The van der Waals surface area contributed by atoms with E-state index in [1.165, 1.54) is 128 Å². The van der Waals surface area contributed by atoms with Crippen molar-refractivity contribution in [3.63, 3.8) is 0 Å². The Morgan fingerprint density at radius 3 is 1.31 bits per heavy atom. The Hall–Kier alpha value is -2.68. The topological polar surface area (TPSA) is 142 Å². The number of allylic oxidation sites excluding steroid dienone is 4. The van der Waals surface area contributed by atoms with Crippen molar-refractivity contribution in [2.75, 3.05) is 13.2 Å². The molecular weight excluding hydrogens is 729 g/mol. The zero-order valence-electron chi connectivity index (χ0n) is 37.6. The van der Waals surface area contributed by atoms with Crippen LogP contribution in [0.3, 0.4) is 0 Å². The van der Waals surface area contributed by atoms with Gasteiger partial charge in [0.15, 0.2) is 0 Å². The van der Waals surface area contributed by atoms with Crippen molar-refractivity contribution in [3.8, 4) is 0 Å². The summed E-state index contributed by atoms with van der Waals surface area (Å²) in [6.45, 7) is 3.49. The fourth-order valence-corrected chi connectivity index (χ4v) is 7.18. The van der Waals surface area contributed by atoms with Gasteiger partial charge < -0.3 is 25.6 Å². The maximum absolute atomic E-state index is 12.8. The Labute approximate surface area is 355 Å². The van der Waals surface area contributed by atoms with E-state index < -0.39 is 24.5 Å². The molecule has 0 aliphatic carbocycles. The second-order valence-electron chi connectivity index (χ2n) is 16.5. The summed E-state index contributed by atoms with van der Waals surface area (Å²) in [5, 5.41) is 22.6. The highest BCUT2D eigenvalue weighted by Gasteiger charge is 2.19. The van der Waals surface area contributed by atoms with Crippen LogP contribution in [0.5, 0.6) is 0 Å². The largest absolute Gasteiger partial charge is 0.480 e. The minimum atomic E-state index is -1.38. The highest BCUT2D eigenvalue weighted by atomic mass is 16.5. The van der Waals surface area contributed by atoms with E-state index in [0.717, 1.165) is 77.0 Å². The molecule has 0 saturated carbocycles. The number of amides is 2. The monoisotopic (exact) mass is 819 g/mol. The molecule has 0 aromatic rings. The van der Waals surface area contributed by atoms with Crippen LogP contribution >= 0.6 is 0 Å². The predicted octanol–water partition coefficient (Wildman–Crippen LogP) is 12.4. The first-order valence-electron chi connectivity index (χ1n) is 24.2. The van der Waals surface area contributed by atoms with Crippen molar-refractivity contribution in [2.24, 2.45) is 0 Å². The summed E-state index contributed by atoms with van der Waals surface area (Å²) >= 11 is 0. The zero-order valence-corrected chi connectivity index (χ0v) is 37.6. The molecule has 0 aromatic carbocycles. The maximum atomic E-state index is 12.8. The van der Waals surface area contributed by atoms with E-state index in [1.54, 1.807) is 0 Å².